The van der Waals surface area contributed by atoms with E-state index in [0.717, 1.165) is 12.0 Å². The van der Waals surface area contributed by atoms with E-state index in [1.807, 2.05) is 24.3 Å². The van der Waals surface area contributed by atoms with E-state index in [0.29, 0.717) is 29.4 Å². The number of benzene rings is 2. The smallest absolute Gasteiger partial charge is 0.340 e. The number of para-hydroxylation sites is 1. The third-order valence-corrected chi connectivity index (χ3v) is 3.76. The summed E-state index contributed by atoms with van der Waals surface area (Å²) < 4.78 is 5.01. The molecule has 0 aliphatic heterocycles. The maximum absolute atomic E-state index is 12.0. The molecule has 0 aliphatic carbocycles. The normalized spacial score (nSPS) is 10.2. The third kappa shape index (κ3) is 6.12. The Morgan fingerprint density at radius 2 is 1.80 bits per heavy atom. The summed E-state index contributed by atoms with van der Waals surface area (Å²) in [6.45, 7) is 2.67. The van der Waals surface area contributed by atoms with Gasteiger partial charge in [-0.05, 0) is 43.2 Å². The number of amides is 1. The molecule has 0 aromatic heterocycles. The van der Waals surface area contributed by atoms with Crippen LogP contribution in [0.15, 0.2) is 48.5 Å². The van der Waals surface area contributed by atoms with Crippen LogP contribution in [0.25, 0.3) is 0 Å². The first kappa shape index (κ1) is 18.8. The van der Waals surface area contributed by atoms with Crippen LogP contribution < -0.4 is 10.6 Å². The number of hydrogen-bond acceptors (Lipinski definition) is 4. The average Bonchev–Trinajstić information content (AvgIpc) is 2.62. The number of anilines is 1. The van der Waals surface area contributed by atoms with Crippen molar-refractivity contribution in [3.05, 3.63) is 64.7 Å². The molecule has 2 aromatic rings. The third-order valence-electron chi connectivity index (χ3n) is 3.51. The van der Waals surface area contributed by atoms with Gasteiger partial charge in [-0.2, -0.15) is 0 Å². The molecular weight excluding hydrogens is 340 g/mol. The molecule has 2 rings (SSSR count). The molecule has 0 unspecified atom stereocenters. The molecule has 132 valence electrons. The van der Waals surface area contributed by atoms with Gasteiger partial charge < -0.3 is 15.4 Å². The van der Waals surface area contributed by atoms with Crippen LogP contribution in [-0.2, 0) is 16.0 Å². The molecule has 0 aliphatic rings. The lowest BCUT2D eigenvalue weighted by molar-refractivity contribution is -0.119. The van der Waals surface area contributed by atoms with E-state index >= 15 is 0 Å². The fraction of sp³-hybridized carbons (Fsp3) is 0.263. The van der Waals surface area contributed by atoms with E-state index in [9.17, 15) is 9.59 Å². The fourth-order valence-electron chi connectivity index (χ4n) is 2.26. The zero-order chi connectivity index (χ0) is 18.1. The van der Waals surface area contributed by atoms with Crippen molar-refractivity contribution >= 4 is 29.2 Å². The van der Waals surface area contributed by atoms with Crippen molar-refractivity contribution in [2.45, 2.75) is 13.3 Å². The van der Waals surface area contributed by atoms with Gasteiger partial charge in [-0.1, -0.05) is 35.9 Å². The predicted molar refractivity (Wildman–Crippen MR) is 99.1 cm³/mol. The number of hydrogen-bond donors (Lipinski definition) is 2. The van der Waals surface area contributed by atoms with Crippen LogP contribution in [0.4, 0.5) is 5.69 Å². The zero-order valence-corrected chi connectivity index (χ0v) is 14.8. The minimum absolute atomic E-state index is 0.0804. The van der Waals surface area contributed by atoms with Gasteiger partial charge in [-0.3, -0.25) is 4.79 Å². The Bertz CT molecular complexity index is 717. The molecule has 5 nitrogen and oxygen atoms in total. The summed E-state index contributed by atoms with van der Waals surface area (Å²) in [5.74, 6) is -0.554. The van der Waals surface area contributed by atoms with Crippen LogP contribution in [0.5, 0.6) is 0 Å². The molecule has 0 heterocycles. The molecule has 0 saturated carbocycles. The lowest BCUT2D eigenvalue weighted by Crippen LogP contribution is -2.31. The first-order valence-corrected chi connectivity index (χ1v) is 8.49. The van der Waals surface area contributed by atoms with Crippen molar-refractivity contribution in [3.8, 4) is 0 Å². The van der Waals surface area contributed by atoms with Crippen molar-refractivity contribution < 1.29 is 14.3 Å². The van der Waals surface area contributed by atoms with Gasteiger partial charge in [-0.15, -0.1) is 0 Å². The lowest BCUT2D eigenvalue weighted by Gasteiger charge is -2.11. The summed E-state index contributed by atoms with van der Waals surface area (Å²) in [7, 11) is 0. The van der Waals surface area contributed by atoms with Gasteiger partial charge in [0.2, 0.25) is 5.91 Å². The molecule has 0 spiro atoms. The van der Waals surface area contributed by atoms with E-state index in [1.165, 1.54) is 0 Å². The van der Waals surface area contributed by atoms with Gasteiger partial charge in [0.15, 0.2) is 0 Å². The molecule has 2 N–H and O–H groups in total. The number of esters is 1. The maximum Gasteiger partial charge on any atom is 0.340 e. The van der Waals surface area contributed by atoms with Crippen molar-refractivity contribution in [2.75, 3.05) is 25.0 Å². The molecule has 0 saturated heterocycles. The van der Waals surface area contributed by atoms with Crippen LogP contribution in [-0.4, -0.2) is 31.6 Å². The van der Waals surface area contributed by atoms with E-state index < -0.39 is 5.97 Å². The van der Waals surface area contributed by atoms with Crippen LogP contribution in [0, 0.1) is 0 Å². The van der Waals surface area contributed by atoms with Crippen molar-refractivity contribution in [3.63, 3.8) is 0 Å². The molecule has 1 amide bonds. The highest BCUT2D eigenvalue weighted by atomic mass is 35.5. The minimum atomic E-state index is -0.409. The Hall–Kier alpha value is -2.53. The van der Waals surface area contributed by atoms with Gasteiger partial charge in [-0.25, -0.2) is 4.79 Å². The average molecular weight is 361 g/mol. The summed E-state index contributed by atoms with van der Waals surface area (Å²) in [6, 6.07) is 14.5. The molecular formula is C19H21ClN2O3. The van der Waals surface area contributed by atoms with Gasteiger partial charge in [0, 0.05) is 17.3 Å². The van der Waals surface area contributed by atoms with Crippen molar-refractivity contribution in [1.29, 1.82) is 0 Å². The number of ether oxygens (including phenoxy) is 1. The summed E-state index contributed by atoms with van der Waals surface area (Å²) in [6.07, 6.45) is 0.725. The van der Waals surface area contributed by atoms with E-state index in [2.05, 4.69) is 10.6 Å². The molecule has 0 radical (unpaired) electrons. The van der Waals surface area contributed by atoms with Crippen LogP contribution >= 0.6 is 11.6 Å². The summed E-state index contributed by atoms with van der Waals surface area (Å²) in [5, 5.41) is 6.51. The standard InChI is InChI=1S/C19H21ClN2O3/c1-2-25-19(24)16-5-3-4-6-17(16)22-13-18(23)21-12-11-14-7-9-15(20)10-8-14/h3-10,22H,2,11-13H2,1H3,(H,21,23). The maximum atomic E-state index is 12.0. The number of halogens is 1. The summed E-state index contributed by atoms with van der Waals surface area (Å²) >= 11 is 5.84. The van der Waals surface area contributed by atoms with Crippen molar-refractivity contribution in [2.24, 2.45) is 0 Å². The Balaban J connectivity index is 1.80. The second kappa shape index (κ2) is 9.69. The number of nitrogens with one attached hydrogen (secondary N) is 2. The van der Waals surface area contributed by atoms with Gasteiger partial charge in [0.1, 0.15) is 0 Å². The van der Waals surface area contributed by atoms with Crippen LogP contribution in [0.2, 0.25) is 5.02 Å². The van der Waals surface area contributed by atoms with Gasteiger partial charge in [0.05, 0.1) is 18.7 Å². The molecule has 6 heteroatoms. The van der Waals surface area contributed by atoms with E-state index in [4.69, 9.17) is 16.3 Å². The SMILES string of the molecule is CCOC(=O)c1ccccc1NCC(=O)NCCc1ccc(Cl)cc1. The van der Waals surface area contributed by atoms with Gasteiger partial charge >= 0.3 is 5.97 Å². The Morgan fingerprint density at radius 1 is 1.08 bits per heavy atom. The van der Waals surface area contributed by atoms with Crippen molar-refractivity contribution in [1.82, 2.24) is 5.32 Å². The van der Waals surface area contributed by atoms with E-state index in [1.54, 1.807) is 31.2 Å². The molecule has 2 aromatic carbocycles. The molecule has 0 bridgehead atoms. The lowest BCUT2D eigenvalue weighted by atomic mass is 10.1. The number of rotatable bonds is 8. The Morgan fingerprint density at radius 3 is 2.52 bits per heavy atom. The second-order valence-electron chi connectivity index (χ2n) is 5.35. The summed E-state index contributed by atoms with van der Waals surface area (Å²) in [4.78, 5) is 23.8. The largest absolute Gasteiger partial charge is 0.462 e. The van der Waals surface area contributed by atoms with Crippen LogP contribution in [0.1, 0.15) is 22.8 Å². The zero-order valence-electron chi connectivity index (χ0n) is 14.0. The quantitative estimate of drug-likeness (QED) is 0.709. The first-order valence-electron chi connectivity index (χ1n) is 8.11. The predicted octanol–water partition coefficient (Wildman–Crippen LogP) is 3.29. The highest BCUT2D eigenvalue weighted by Crippen LogP contribution is 2.15. The molecule has 0 atom stereocenters. The van der Waals surface area contributed by atoms with Crippen LogP contribution in [0.3, 0.4) is 0 Å². The first-order chi connectivity index (χ1) is 12.1. The Labute approximate surface area is 152 Å². The highest BCUT2D eigenvalue weighted by Gasteiger charge is 2.12. The topological polar surface area (TPSA) is 67.4 Å². The minimum Gasteiger partial charge on any atom is -0.462 e. The summed E-state index contributed by atoms with van der Waals surface area (Å²) in [5.41, 5.74) is 2.09. The monoisotopic (exact) mass is 360 g/mol. The number of carbonyl (C=O) groups excluding carboxylic acids is 2. The number of carbonyl (C=O) groups is 2. The molecule has 25 heavy (non-hydrogen) atoms. The molecule has 0 fully saturated rings. The Kier molecular flexibility index (Phi) is 7.29. The van der Waals surface area contributed by atoms with Gasteiger partial charge in [0.25, 0.3) is 0 Å². The highest BCUT2D eigenvalue weighted by molar-refractivity contribution is 6.30. The fourth-order valence-corrected chi connectivity index (χ4v) is 2.39. The second-order valence-corrected chi connectivity index (χ2v) is 5.78. The van der Waals surface area contributed by atoms with E-state index in [-0.39, 0.29) is 12.5 Å².